The van der Waals surface area contributed by atoms with Gasteiger partial charge in [0.15, 0.2) is 5.82 Å². The summed E-state index contributed by atoms with van der Waals surface area (Å²) in [5.41, 5.74) is -0.163. The molecule has 0 saturated heterocycles. The summed E-state index contributed by atoms with van der Waals surface area (Å²) in [4.78, 5) is 24.2. The van der Waals surface area contributed by atoms with Crippen LogP contribution in [0.3, 0.4) is 0 Å². The van der Waals surface area contributed by atoms with Crippen molar-refractivity contribution in [2.24, 2.45) is 0 Å². The molecule has 0 bridgehead atoms. The van der Waals surface area contributed by atoms with Crippen LogP contribution in [0.4, 0.5) is 10.6 Å². The number of hydrogen-bond acceptors (Lipinski definition) is 8. The summed E-state index contributed by atoms with van der Waals surface area (Å²) in [6.07, 6.45) is 0.944. The van der Waals surface area contributed by atoms with Crippen LogP contribution < -0.4 is 9.62 Å². The van der Waals surface area contributed by atoms with Gasteiger partial charge in [-0.1, -0.05) is 0 Å². The van der Waals surface area contributed by atoms with E-state index in [4.69, 9.17) is 20.8 Å². The van der Waals surface area contributed by atoms with Gasteiger partial charge in [-0.25, -0.2) is 9.78 Å². The van der Waals surface area contributed by atoms with Gasteiger partial charge in [0.2, 0.25) is 5.28 Å². The Morgan fingerprint density at radius 1 is 1.35 bits per heavy atom. The summed E-state index contributed by atoms with van der Waals surface area (Å²) in [5.74, 6) is 0.863. The number of anilines is 1. The molecule has 2 atom stereocenters. The molecule has 3 heterocycles. The summed E-state index contributed by atoms with van der Waals surface area (Å²) in [7, 11) is 0. The van der Waals surface area contributed by atoms with Crippen molar-refractivity contribution in [1.29, 1.82) is 0 Å². The van der Waals surface area contributed by atoms with Crippen molar-refractivity contribution in [3.05, 3.63) is 38.8 Å². The van der Waals surface area contributed by atoms with E-state index in [1.807, 2.05) is 27.7 Å². The number of halogens is 2. The molecule has 1 unspecified atom stereocenters. The van der Waals surface area contributed by atoms with Gasteiger partial charge in [-0.2, -0.15) is 4.98 Å². The summed E-state index contributed by atoms with van der Waals surface area (Å²) < 4.78 is 27.8. The molecule has 0 radical (unpaired) electrons. The molecular weight excluding hydrogens is 564 g/mol. The summed E-state index contributed by atoms with van der Waals surface area (Å²) >= 11 is 10.0. The SMILES string of the molecule is C[C@H](N[S+]([O-])C(C)(C)C)c1sc2c(N(Cc3ccco3)C(=O)OC(C)(C)C)nc(Cl)nc2c1Br. The number of aromatic nitrogens is 2. The maximum atomic E-state index is 13.2. The topological polar surface area (TPSA) is 104 Å². The van der Waals surface area contributed by atoms with Crippen LogP contribution in [0.2, 0.25) is 5.28 Å². The Morgan fingerprint density at radius 2 is 2.03 bits per heavy atom. The third kappa shape index (κ3) is 6.44. The number of furan rings is 1. The predicted molar refractivity (Wildman–Crippen MR) is 141 cm³/mol. The summed E-state index contributed by atoms with van der Waals surface area (Å²) in [6.45, 7) is 13.1. The van der Waals surface area contributed by atoms with Gasteiger partial charge in [-0.05, 0) is 88.1 Å². The van der Waals surface area contributed by atoms with E-state index in [0.717, 1.165) is 4.88 Å². The van der Waals surface area contributed by atoms with Crippen molar-refractivity contribution in [2.45, 2.75) is 71.4 Å². The zero-order valence-corrected chi connectivity index (χ0v) is 24.0. The normalized spacial score (nSPS) is 14.3. The van der Waals surface area contributed by atoms with Crippen molar-refractivity contribution in [3.63, 3.8) is 0 Å². The van der Waals surface area contributed by atoms with E-state index >= 15 is 0 Å². The summed E-state index contributed by atoms with van der Waals surface area (Å²) in [6, 6.07) is 3.24. The first-order valence-corrected chi connectivity index (χ1v) is 13.7. The van der Waals surface area contributed by atoms with Crippen LogP contribution in [-0.2, 0) is 22.6 Å². The molecule has 8 nitrogen and oxygen atoms in total. The highest BCUT2D eigenvalue weighted by Gasteiger charge is 2.32. The van der Waals surface area contributed by atoms with Crippen LogP contribution in [0.5, 0.6) is 0 Å². The lowest BCUT2D eigenvalue weighted by atomic mass is 10.2. The van der Waals surface area contributed by atoms with E-state index in [-0.39, 0.29) is 17.9 Å². The molecule has 0 aliphatic carbocycles. The number of carbonyl (C=O) groups excluding carboxylic acids is 1. The molecule has 3 aromatic heterocycles. The highest BCUT2D eigenvalue weighted by atomic mass is 79.9. The number of thiophene rings is 1. The Hall–Kier alpha value is -1.37. The number of nitrogens with one attached hydrogen (secondary N) is 1. The van der Waals surface area contributed by atoms with Gasteiger partial charge in [0.25, 0.3) is 0 Å². The Balaban J connectivity index is 2.10. The molecule has 0 aromatic carbocycles. The number of ether oxygens (including phenoxy) is 1. The highest BCUT2D eigenvalue weighted by molar-refractivity contribution is 9.10. The zero-order valence-electron chi connectivity index (χ0n) is 20.1. The average Bonchev–Trinajstić information content (AvgIpc) is 3.32. The third-order valence-electron chi connectivity index (χ3n) is 4.45. The van der Waals surface area contributed by atoms with Crippen molar-refractivity contribution in [2.75, 3.05) is 4.90 Å². The molecule has 3 aromatic rings. The molecule has 0 saturated carbocycles. The first-order valence-electron chi connectivity index (χ1n) is 10.5. The number of nitrogens with zero attached hydrogens (tertiary/aromatic N) is 3. The van der Waals surface area contributed by atoms with Crippen LogP contribution in [0.25, 0.3) is 10.2 Å². The fourth-order valence-corrected chi connectivity index (χ4v) is 6.05. The number of fused-ring (bicyclic) bond motifs is 1. The number of rotatable bonds is 6. The predicted octanol–water partition coefficient (Wildman–Crippen LogP) is 6.75. The molecule has 12 heteroatoms. The molecule has 186 valence electrons. The Bertz CT molecular complexity index is 1160. The number of hydrogen-bond donors (Lipinski definition) is 1. The van der Waals surface area contributed by atoms with Crippen molar-refractivity contribution in [3.8, 4) is 0 Å². The van der Waals surface area contributed by atoms with Gasteiger partial charge in [-0.15, -0.1) is 16.1 Å². The Labute approximate surface area is 219 Å². The van der Waals surface area contributed by atoms with Crippen LogP contribution in [0, 0.1) is 0 Å². The first-order chi connectivity index (χ1) is 15.7. The smallest absolute Gasteiger partial charge is 0.416 e. The van der Waals surface area contributed by atoms with Crippen molar-refractivity contribution < 1.29 is 18.5 Å². The van der Waals surface area contributed by atoms with Gasteiger partial charge < -0.3 is 13.7 Å². The third-order valence-corrected chi connectivity index (χ3v) is 8.73. The van der Waals surface area contributed by atoms with E-state index in [0.29, 0.717) is 26.3 Å². The largest absolute Gasteiger partial charge is 0.598 e. The van der Waals surface area contributed by atoms with Gasteiger partial charge >= 0.3 is 6.09 Å². The lowest BCUT2D eigenvalue weighted by Gasteiger charge is -2.26. The second kappa shape index (κ2) is 10.3. The van der Waals surface area contributed by atoms with Gasteiger partial charge in [0.1, 0.15) is 21.6 Å². The molecular formula is C22H28BrClN4O4S2. The molecule has 0 aliphatic rings. The average molecular weight is 592 g/mol. The quantitative estimate of drug-likeness (QED) is 0.250. The summed E-state index contributed by atoms with van der Waals surface area (Å²) in [5, 5.41) is -0.0144. The zero-order chi connectivity index (χ0) is 25.4. The Kier molecular flexibility index (Phi) is 8.26. The Morgan fingerprint density at radius 3 is 2.59 bits per heavy atom. The minimum atomic E-state index is -1.28. The minimum absolute atomic E-state index is 0.0144. The molecule has 0 fully saturated rings. The number of amides is 1. The fraction of sp³-hybridized carbons (Fsp3) is 0.500. The molecule has 0 spiro atoms. The van der Waals surface area contributed by atoms with E-state index < -0.39 is 27.8 Å². The minimum Gasteiger partial charge on any atom is -0.598 e. The molecule has 1 amide bonds. The van der Waals surface area contributed by atoms with E-state index in [9.17, 15) is 9.35 Å². The van der Waals surface area contributed by atoms with Crippen LogP contribution in [-0.4, -0.2) is 31.0 Å². The fourth-order valence-electron chi connectivity index (χ4n) is 2.88. The maximum absolute atomic E-state index is 13.2. The van der Waals surface area contributed by atoms with Gasteiger partial charge in [-0.3, -0.25) is 4.90 Å². The van der Waals surface area contributed by atoms with Crippen molar-refractivity contribution in [1.82, 2.24) is 14.7 Å². The van der Waals surface area contributed by atoms with Gasteiger partial charge in [0.05, 0.1) is 28.0 Å². The van der Waals surface area contributed by atoms with E-state index in [2.05, 4.69) is 30.6 Å². The monoisotopic (exact) mass is 590 g/mol. The van der Waals surface area contributed by atoms with Crippen molar-refractivity contribution >= 4 is 72.4 Å². The van der Waals surface area contributed by atoms with Gasteiger partial charge in [0, 0.05) is 16.2 Å². The first kappa shape index (κ1) is 27.2. The highest BCUT2D eigenvalue weighted by Crippen LogP contribution is 2.43. The maximum Gasteiger partial charge on any atom is 0.416 e. The number of carbonyl (C=O) groups is 1. The van der Waals surface area contributed by atoms with Crippen LogP contribution >= 0.6 is 38.9 Å². The van der Waals surface area contributed by atoms with E-state index in [1.165, 1.54) is 22.5 Å². The molecule has 1 N–H and O–H groups in total. The second-order valence-electron chi connectivity index (χ2n) is 9.64. The standard InChI is InChI=1S/C22H28BrClN4O4S2/c1-12(27-34(30)22(5,6)7)16-14(23)15-17(33-16)18(26-19(24)25-15)28(11-13-9-8-10-31-13)20(29)32-21(2,3)4/h8-10,12,27H,11H2,1-7H3/t12-,34?/m0/s1. The van der Waals surface area contributed by atoms with E-state index in [1.54, 1.807) is 32.9 Å². The molecule has 3 rings (SSSR count). The van der Waals surface area contributed by atoms with Crippen LogP contribution in [0.15, 0.2) is 27.3 Å². The second-order valence-corrected chi connectivity index (χ2v) is 13.8. The lowest BCUT2D eigenvalue weighted by Crippen LogP contribution is -2.40. The lowest BCUT2D eigenvalue weighted by molar-refractivity contribution is 0.0574. The van der Waals surface area contributed by atoms with Crippen LogP contribution in [0.1, 0.15) is 65.1 Å². The molecule has 0 aliphatic heterocycles. The molecule has 34 heavy (non-hydrogen) atoms.